The Labute approximate surface area is 143 Å². The molecular formula is C18H29N3O3. The number of piperidine rings is 1. The van der Waals surface area contributed by atoms with Gasteiger partial charge < -0.3 is 20.2 Å². The second kappa shape index (κ2) is 5.61. The van der Waals surface area contributed by atoms with Crippen LogP contribution in [-0.4, -0.2) is 65.2 Å². The van der Waals surface area contributed by atoms with Crippen molar-refractivity contribution in [3.05, 3.63) is 0 Å². The number of carboxylic acid groups (broad SMARTS) is 1. The number of carbonyl (C=O) groups is 2. The monoisotopic (exact) mass is 335 g/mol. The zero-order valence-corrected chi connectivity index (χ0v) is 14.6. The summed E-state index contributed by atoms with van der Waals surface area (Å²) < 4.78 is 0. The van der Waals surface area contributed by atoms with Gasteiger partial charge in [0.15, 0.2) is 0 Å². The first kappa shape index (κ1) is 16.2. The summed E-state index contributed by atoms with van der Waals surface area (Å²) in [6, 6.07) is 0.824. The molecule has 0 aromatic carbocycles. The average molecular weight is 335 g/mol. The van der Waals surface area contributed by atoms with Crippen molar-refractivity contribution in [2.24, 2.45) is 10.8 Å². The summed E-state index contributed by atoms with van der Waals surface area (Å²) in [7, 11) is 0. The molecule has 24 heavy (non-hydrogen) atoms. The molecule has 4 aliphatic rings. The van der Waals surface area contributed by atoms with E-state index in [9.17, 15) is 14.7 Å². The SMILES string of the molecule is CCC1N(C(=O)O)CC12CCC(N1CCC3(CC1)CNC(=O)C3)C2. The van der Waals surface area contributed by atoms with Crippen molar-refractivity contribution in [2.75, 3.05) is 26.2 Å². The zero-order valence-electron chi connectivity index (χ0n) is 14.6. The molecule has 0 radical (unpaired) electrons. The van der Waals surface area contributed by atoms with Crippen LogP contribution in [-0.2, 0) is 4.79 Å². The van der Waals surface area contributed by atoms with Crippen LogP contribution < -0.4 is 5.32 Å². The van der Waals surface area contributed by atoms with E-state index in [2.05, 4.69) is 17.1 Å². The van der Waals surface area contributed by atoms with Gasteiger partial charge in [-0.25, -0.2) is 4.79 Å². The molecule has 134 valence electrons. The average Bonchev–Trinajstić information content (AvgIpc) is 3.13. The van der Waals surface area contributed by atoms with Crippen molar-refractivity contribution in [3.63, 3.8) is 0 Å². The summed E-state index contributed by atoms with van der Waals surface area (Å²) in [5.41, 5.74) is 0.449. The Hall–Kier alpha value is -1.30. The van der Waals surface area contributed by atoms with E-state index < -0.39 is 6.09 Å². The largest absolute Gasteiger partial charge is 0.465 e. The first-order chi connectivity index (χ1) is 11.5. The third kappa shape index (κ3) is 2.41. The molecule has 4 fully saturated rings. The lowest BCUT2D eigenvalue weighted by atomic mass is 9.69. The normalized spacial score (nSPS) is 38.5. The fourth-order valence-electron chi connectivity index (χ4n) is 5.98. The van der Waals surface area contributed by atoms with Crippen LogP contribution >= 0.6 is 0 Å². The first-order valence-electron chi connectivity index (χ1n) is 9.47. The zero-order chi connectivity index (χ0) is 16.9. The molecule has 0 aromatic rings. The van der Waals surface area contributed by atoms with Crippen molar-refractivity contribution < 1.29 is 14.7 Å². The maximum absolute atomic E-state index is 11.6. The van der Waals surface area contributed by atoms with E-state index in [0.29, 0.717) is 12.5 Å². The lowest BCUT2D eigenvalue weighted by Gasteiger charge is -2.55. The minimum atomic E-state index is -0.755. The maximum atomic E-state index is 11.6. The van der Waals surface area contributed by atoms with E-state index in [0.717, 1.165) is 51.9 Å². The van der Waals surface area contributed by atoms with Gasteiger partial charge in [-0.1, -0.05) is 6.92 Å². The fourth-order valence-corrected chi connectivity index (χ4v) is 5.98. The van der Waals surface area contributed by atoms with Gasteiger partial charge in [0.2, 0.25) is 5.91 Å². The second-order valence-corrected chi connectivity index (χ2v) is 8.58. The van der Waals surface area contributed by atoms with Gasteiger partial charge in [-0.05, 0) is 57.0 Å². The van der Waals surface area contributed by atoms with Crippen LogP contribution in [0.1, 0.15) is 51.9 Å². The highest BCUT2D eigenvalue weighted by Gasteiger charge is 2.57. The highest BCUT2D eigenvalue weighted by Crippen LogP contribution is 2.53. The maximum Gasteiger partial charge on any atom is 0.407 e. The summed E-state index contributed by atoms with van der Waals surface area (Å²) in [5, 5.41) is 12.3. The van der Waals surface area contributed by atoms with Gasteiger partial charge in [0.25, 0.3) is 0 Å². The number of rotatable bonds is 2. The van der Waals surface area contributed by atoms with Crippen LogP contribution in [0.2, 0.25) is 0 Å². The molecule has 1 aliphatic carbocycles. The smallest absolute Gasteiger partial charge is 0.407 e. The minimum absolute atomic E-state index is 0.215. The van der Waals surface area contributed by atoms with Crippen LogP contribution in [0.3, 0.4) is 0 Å². The van der Waals surface area contributed by atoms with Crippen molar-refractivity contribution in [2.45, 2.75) is 64.0 Å². The van der Waals surface area contributed by atoms with Crippen LogP contribution in [0.15, 0.2) is 0 Å². The molecule has 1 saturated carbocycles. The molecule has 3 aliphatic heterocycles. The number of carbonyl (C=O) groups excluding carboxylic acids is 1. The molecule has 2 N–H and O–H groups in total. The highest BCUT2D eigenvalue weighted by atomic mass is 16.4. The van der Waals surface area contributed by atoms with Gasteiger partial charge in [-0.2, -0.15) is 0 Å². The van der Waals surface area contributed by atoms with E-state index in [-0.39, 0.29) is 22.8 Å². The van der Waals surface area contributed by atoms with E-state index in [4.69, 9.17) is 0 Å². The number of hydrogen-bond donors (Lipinski definition) is 2. The molecular weight excluding hydrogens is 306 g/mol. The van der Waals surface area contributed by atoms with E-state index in [1.165, 1.54) is 12.8 Å². The van der Waals surface area contributed by atoms with Gasteiger partial charge in [-0.3, -0.25) is 4.79 Å². The van der Waals surface area contributed by atoms with Gasteiger partial charge >= 0.3 is 6.09 Å². The number of likely N-dealkylation sites (tertiary alicyclic amines) is 2. The molecule has 3 heterocycles. The molecule has 6 heteroatoms. The summed E-state index contributed by atoms with van der Waals surface area (Å²) in [6.45, 7) is 5.89. The van der Waals surface area contributed by atoms with Gasteiger partial charge in [0.1, 0.15) is 0 Å². The molecule has 2 spiro atoms. The quantitative estimate of drug-likeness (QED) is 0.808. The van der Waals surface area contributed by atoms with Gasteiger partial charge in [-0.15, -0.1) is 0 Å². The Kier molecular flexibility index (Phi) is 3.79. The van der Waals surface area contributed by atoms with Crippen LogP contribution in [0.25, 0.3) is 0 Å². The Bertz CT molecular complexity index is 544. The Morgan fingerprint density at radius 2 is 2.08 bits per heavy atom. The summed E-state index contributed by atoms with van der Waals surface area (Å²) in [4.78, 5) is 27.2. The highest BCUT2D eigenvalue weighted by molar-refractivity contribution is 5.79. The van der Waals surface area contributed by atoms with Crippen LogP contribution in [0.4, 0.5) is 4.79 Å². The summed E-state index contributed by atoms with van der Waals surface area (Å²) in [6.07, 6.45) is 6.64. The number of nitrogens with zero attached hydrogens (tertiary/aromatic N) is 2. The Morgan fingerprint density at radius 3 is 2.67 bits per heavy atom. The van der Waals surface area contributed by atoms with E-state index in [1.54, 1.807) is 4.90 Å². The van der Waals surface area contributed by atoms with Gasteiger partial charge in [0, 0.05) is 37.0 Å². The van der Waals surface area contributed by atoms with E-state index >= 15 is 0 Å². The predicted molar refractivity (Wildman–Crippen MR) is 89.7 cm³/mol. The molecule has 0 bridgehead atoms. The number of hydrogen-bond acceptors (Lipinski definition) is 3. The minimum Gasteiger partial charge on any atom is -0.465 e. The molecule has 3 unspecified atom stereocenters. The molecule has 2 amide bonds. The second-order valence-electron chi connectivity index (χ2n) is 8.58. The summed E-state index contributed by atoms with van der Waals surface area (Å²) >= 11 is 0. The van der Waals surface area contributed by atoms with Crippen molar-refractivity contribution >= 4 is 12.0 Å². The molecule has 6 nitrogen and oxygen atoms in total. The number of amides is 2. The van der Waals surface area contributed by atoms with Crippen LogP contribution in [0.5, 0.6) is 0 Å². The molecule has 0 aromatic heterocycles. The van der Waals surface area contributed by atoms with Crippen molar-refractivity contribution in [1.82, 2.24) is 15.1 Å². The topological polar surface area (TPSA) is 72.9 Å². The third-order valence-electron chi connectivity index (χ3n) is 7.39. The molecule has 3 saturated heterocycles. The predicted octanol–water partition coefficient (Wildman–Crippen LogP) is 1.90. The lowest BCUT2D eigenvalue weighted by molar-refractivity contribution is -0.119. The first-order valence-corrected chi connectivity index (χ1v) is 9.47. The lowest BCUT2D eigenvalue weighted by Crippen LogP contribution is -2.65. The van der Waals surface area contributed by atoms with Crippen molar-refractivity contribution in [3.8, 4) is 0 Å². The fraction of sp³-hybridized carbons (Fsp3) is 0.889. The van der Waals surface area contributed by atoms with E-state index in [1.807, 2.05) is 0 Å². The molecule has 4 rings (SSSR count). The Morgan fingerprint density at radius 1 is 1.33 bits per heavy atom. The molecule has 3 atom stereocenters. The summed E-state index contributed by atoms with van der Waals surface area (Å²) in [5.74, 6) is 0.220. The van der Waals surface area contributed by atoms with Crippen molar-refractivity contribution in [1.29, 1.82) is 0 Å². The Balaban J connectivity index is 1.35. The third-order valence-corrected chi connectivity index (χ3v) is 7.39. The standard InChI is InChI=1S/C18H29N3O3/c1-2-14-18(12-21(14)16(23)24)4-3-13(9-18)20-7-5-17(6-8-20)10-15(22)19-11-17/h13-14H,2-12H2,1H3,(H,19,22)(H,23,24). The van der Waals surface area contributed by atoms with Crippen LogP contribution in [0, 0.1) is 10.8 Å². The van der Waals surface area contributed by atoms with Gasteiger partial charge in [0.05, 0.1) is 0 Å². The number of nitrogens with one attached hydrogen (secondary N) is 1.